The second-order valence-electron chi connectivity index (χ2n) is 8.08. The number of hydrogen-bond acceptors (Lipinski definition) is 0. The predicted molar refractivity (Wildman–Crippen MR) is 117 cm³/mol. The van der Waals surface area contributed by atoms with Crippen LogP contribution in [0.2, 0.25) is 0 Å². The van der Waals surface area contributed by atoms with E-state index in [1.165, 1.54) is 35.1 Å². The Morgan fingerprint density at radius 2 is 1.29 bits per heavy atom. The molecule has 0 saturated carbocycles. The summed E-state index contributed by atoms with van der Waals surface area (Å²) in [6.45, 7) is 4.87. The fourth-order valence-corrected chi connectivity index (χ4v) is 5.40. The first-order valence-corrected chi connectivity index (χ1v) is 16.2. The molecule has 3 heteroatoms. The summed E-state index contributed by atoms with van der Waals surface area (Å²) in [5, 5.41) is 0. The SMILES string of the molecule is CCC1(C)Cc2ccccc2C1C1c2ccccc2-c2ccccc21.[Cl][Zr][Cl]. The molecule has 3 aromatic carbocycles. The third-order valence-electron chi connectivity index (χ3n) is 6.76. The van der Waals surface area contributed by atoms with Crippen molar-refractivity contribution in [2.24, 2.45) is 5.41 Å². The second kappa shape index (κ2) is 8.47. The summed E-state index contributed by atoms with van der Waals surface area (Å²) >= 11 is -0.826. The maximum absolute atomic E-state index is 4.93. The van der Waals surface area contributed by atoms with Gasteiger partial charge in [0.1, 0.15) is 0 Å². The summed E-state index contributed by atoms with van der Waals surface area (Å²) < 4.78 is 0. The van der Waals surface area contributed by atoms with E-state index in [4.69, 9.17) is 17.0 Å². The molecule has 3 aromatic rings. The summed E-state index contributed by atoms with van der Waals surface area (Å²) in [5.74, 6) is 1.03. The van der Waals surface area contributed by atoms with E-state index < -0.39 is 20.8 Å². The first-order valence-electron chi connectivity index (χ1n) is 9.87. The second-order valence-corrected chi connectivity index (χ2v) is 11.8. The summed E-state index contributed by atoms with van der Waals surface area (Å²) in [6, 6.07) is 27.3. The van der Waals surface area contributed by atoms with Crippen LogP contribution in [0.15, 0.2) is 72.8 Å². The molecular formula is C25H24Cl2Zr. The van der Waals surface area contributed by atoms with Gasteiger partial charge in [-0.2, -0.15) is 0 Å². The summed E-state index contributed by atoms with van der Waals surface area (Å²) in [4.78, 5) is 0. The van der Waals surface area contributed by atoms with Gasteiger partial charge in [-0.3, -0.25) is 0 Å². The molecule has 0 fully saturated rings. The van der Waals surface area contributed by atoms with Crippen LogP contribution in [0.25, 0.3) is 11.1 Å². The molecule has 5 rings (SSSR count). The molecule has 0 spiro atoms. The van der Waals surface area contributed by atoms with Crippen LogP contribution >= 0.6 is 17.0 Å². The molecule has 0 aromatic heterocycles. The van der Waals surface area contributed by atoms with E-state index in [0.29, 0.717) is 17.3 Å². The molecule has 2 unspecified atom stereocenters. The molecule has 28 heavy (non-hydrogen) atoms. The Hall–Kier alpha value is -0.877. The van der Waals surface area contributed by atoms with Crippen molar-refractivity contribution in [1.29, 1.82) is 0 Å². The van der Waals surface area contributed by atoms with Crippen LogP contribution in [0.5, 0.6) is 0 Å². The van der Waals surface area contributed by atoms with Crippen molar-refractivity contribution in [3.63, 3.8) is 0 Å². The monoisotopic (exact) mass is 484 g/mol. The van der Waals surface area contributed by atoms with E-state index in [-0.39, 0.29) is 0 Å². The zero-order valence-electron chi connectivity index (χ0n) is 16.3. The molecule has 2 aliphatic rings. The van der Waals surface area contributed by atoms with Gasteiger partial charge in [-0.1, -0.05) is 86.6 Å². The van der Waals surface area contributed by atoms with Gasteiger partial charge in [0, 0.05) is 11.8 Å². The van der Waals surface area contributed by atoms with Crippen LogP contribution in [-0.2, 0) is 27.3 Å². The molecule has 0 nitrogen and oxygen atoms in total. The van der Waals surface area contributed by atoms with E-state index in [1.807, 2.05) is 0 Å². The van der Waals surface area contributed by atoms with Crippen molar-refractivity contribution in [3.8, 4) is 11.1 Å². The summed E-state index contributed by atoms with van der Waals surface area (Å²) in [7, 11) is 9.87. The van der Waals surface area contributed by atoms with Gasteiger partial charge in [0.2, 0.25) is 0 Å². The number of hydrogen-bond donors (Lipinski definition) is 0. The van der Waals surface area contributed by atoms with Crippen molar-refractivity contribution in [2.75, 3.05) is 0 Å². The van der Waals surface area contributed by atoms with Crippen molar-refractivity contribution in [3.05, 3.63) is 95.1 Å². The molecule has 0 saturated heterocycles. The predicted octanol–water partition coefficient (Wildman–Crippen LogP) is 7.93. The average molecular weight is 487 g/mol. The Morgan fingerprint density at radius 3 is 1.82 bits per heavy atom. The van der Waals surface area contributed by atoms with Gasteiger partial charge in [-0.25, -0.2) is 0 Å². The van der Waals surface area contributed by atoms with Crippen molar-refractivity contribution in [1.82, 2.24) is 0 Å². The van der Waals surface area contributed by atoms with Crippen molar-refractivity contribution < 1.29 is 20.8 Å². The summed E-state index contributed by atoms with van der Waals surface area (Å²) in [6.07, 6.45) is 2.42. The van der Waals surface area contributed by atoms with E-state index in [9.17, 15) is 0 Å². The van der Waals surface area contributed by atoms with Gasteiger partial charge in [0.05, 0.1) is 0 Å². The van der Waals surface area contributed by atoms with Crippen molar-refractivity contribution >= 4 is 17.0 Å². The third-order valence-corrected chi connectivity index (χ3v) is 6.76. The van der Waals surface area contributed by atoms with Crippen LogP contribution < -0.4 is 0 Å². The van der Waals surface area contributed by atoms with E-state index in [1.54, 1.807) is 11.1 Å². The molecular weight excluding hydrogens is 462 g/mol. The van der Waals surface area contributed by atoms with Gasteiger partial charge in [-0.15, -0.1) is 0 Å². The van der Waals surface area contributed by atoms with Crippen molar-refractivity contribution in [2.45, 2.75) is 38.5 Å². The molecule has 0 heterocycles. The fourth-order valence-electron chi connectivity index (χ4n) is 5.40. The van der Waals surface area contributed by atoms with Gasteiger partial charge >= 0.3 is 37.9 Å². The molecule has 2 atom stereocenters. The average Bonchev–Trinajstić information content (AvgIpc) is 3.20. The van der Waals surface area contributed by atoms with Crippen LogP contribution in [0.3, 0.4) is 0 Å². The van der Waals surface area contributed by atoms with Crippen LogP contribution in [-0.4, -0.2) is 0 Å². The third kappa shape index (κ3) is 3.34. The molecule has 0 amide bonds. The Bertz CT molecular complexity index is 938. The van der Waals surface area contributed by atoms with Gasteiger partial charge in [-0.05, 0) is 51.6 Å². The number of fused-ring (bicyclic) bond motifs is 4. The molecule has 0 bridgehead atoms. The van der Waals surface area contributed by atoms with Crippen LogP contribution in [0.1, 0.15) is 54.4 Å². The number of rotatable bonds is 2. The molecule has 142 valence electrons. The Labute approximate surface area is 186 Å². The number of halogens is 2. The van der Waals surface area contributed by atoms with Gasteiger partial charge in [0.25, 0.3) is 0 Å². The molecule has 0 aliphatic heterocycles. The Morgan fingerprint density at radius 1 is 0.821 bits per heavy atom. The fraction of sp³-hybridized carbons (Fsp3) is 0.280. The minimum absolute atomic E-state index is 0.318. The zero-order chi connectivity index (χ0) is 19.7. The molecule has 0 N–H and O–H groups in total. The van der Waals surface area contributed by atoms with E-state index >= 15 is 0 Å². The Balaban J connectivity index is 0.000000604. The topological polar surface area (TPSA) is 0 Å². The maximum atomic E-state index is 4.93. The van der Waals surface area contributed by atoms with E-state index in [2.05, 4.69) is 86.6 Å². The minimum atomic E-state index is -0.826. The first-order chi connectivity index (χ1) is 13.6. The zero-order valence-corrected chi connectivity index (χ0v) is 20.2. The van der Waals surface area contributed by atoms with Crippen LogP contribution in [0.4, 0.5) is 0 Å². The first kappa shape index (κ1) is 20.4. The molecule has 0 radical (unpaired) electrons. The van der Waals surface area contributed by atoms with E-state index in [0.717, 1.165) is 0 Å². The quantitative estimate of drug-likeness (QED) is 0.345. The van der Waals surface area contributed by atoms with Gasteiger partial charge in [0.15, 0.2) is 0 Å². The number of benzene rings is 3. The summed E-state index contributed by atoms with van der Waals surface area (Å²) in [5.41, 5.74) is 9.35. The van der Waals surface area contributed by atoms with Gasteiger partial charge < -0.3 is 0 Å². The molecule has 2 aliphatic carbocycles. The normalized spacial score (nSPS) is 21.9. The Kier molecular flexibility index (Phi) is 6.17. The standard InChI is InChI=1S/C25H24.2ClH.Zr/c1-3-25(2)16-17-10-4-5-11-18(17)24(25)23-21-14-8-6-12-19(21)20-13-7-9-15-22(20)23;;;/h4-15,23-24H,3,16H2,1-2H3;2*1H;/q;;;+2/p-2. The van der Waals surface area contributed by atoms with Crippen LogP contribution in [0, 0.1) is 5.41 Å².